The number of nitriles is 1. The van der Waals surface area contributed by atoms with Crippen molar-refractivity contribution >= 4 is 0 Å². The van der Waals surface area contributed by atoms with Crippen LogP contribution in [0.5, 0.6) is 0 Å². The Hall–Kier alpha value is -2.63. The maximum atomic E-state index is 12.6. The van der Waals surface area contributed by atoms with Gasteiger partial charge in [0.25, 0.3) is 5.56 Å². The van der Waals surface area contributed by atoms with Crippen molar-refractivity contribution in [3.8, 4) is 6.07 Å². The molecule has 0 saturated heterocycles. The monoisotopic (exact) mass is 353 g/mol. The van der Waals surface area contributed by atoms with Gasteiger partial charge in [-0.3, -0.25) is 9.89 Å². The third kappa shape index (κ3) is 4.26. The van der Waals surface area contributed by atoms with E-state index in [2.05, 4.69) is 15.1 Å². The van der Waals surface area contributed by atoms with Crippen LogP contribution in [0.25, 0.3) is 0 Å². The van der Waals surface area contributed by atoms with Crippen molar-refractivity contribution < 1.29 is 13.2 Å². The average molecular weight is 353 g/mol. The number of H-pyrrole nitrogens is 1. The minimum Gasteiger partial charge on any atom is -0.299 e. The summed E-state index contributed by atoms with van der Waals surface area (Å²) in [5.41, 5.74) is 0.956. The van der Waals surface area contributed by atoms with E-state index in [9.17, 15) is 18.0 Å². The molecule has 9 heteroatoms. The lowest BCUT2D eigenvalue weighted by molar-refractivity contribution is -0.145. The van der Waals surface area contributed by atoms with Crippen LogP contribution < -0.4 is 5.56 Å². The van der Waals surface area contributed by atoms with E-state index in [1.165, 1.54) is 4.68 Å². The van der Waals surface area contributed by atoms with Crippen LogP contribution in [-0.4, -0.2) is 19.7 Å². The molecule has 6 nitrogen and oxygen atoms in total. The van der Waals surface area contributed by atoms with Crippen LogP contribution in [0.15, 0.2) is 17.2 Å². The van der Waals surface area contributed by atoms with Gasteiger partial charge in [-0.25, -0.2) is 14.6 Å². The Morgan fingerprint density at radius 2 is 1.84 bits per heavy atom. The molecule has 0 fully saturated rings. The van der Waals surface area contributed by atoms with Crippen LogP contribution in [0.2, 0.25) is 0 Å². The molecule has 0 aliphatic rings. The van der Waals surface area contributed by atoms with Crippen LogP contribution in [0.1, 0.15) is 49.8 Å². The summed E-state index contributed by atoms with van der Waals surface area (Å²) in [6.07, 6.45) is -1.98. The summed E-state index contributed by atoms with van der Waals surface area (Å²) in [6, 6.07) is 2.01. The summed E-state index contributed by atoms with van der Waals surface area (Å²) < 4.78 is 38.8. The maximum Gasteiger partial charge on any atom is 0.451 e. The zero-order valence-electron chi connectivity index (χ0n) is 14.1. The highest BCUT2D eigenvalue weighted by Gasteiger charge is 2.34. The number of rotatable bonds is 4. The van der Waals surface area contributed by atoms with E-state index < -0.39 is 12.0 Å². The highest BCUT2D eigenvalue weighted by atomic mass is 19.4. The van der Waals surface area contributed by atoms with Gasteiger partial charge in [0, 0.05) is 41.1 Å². The first-order chi connectivity index (χ1) is 11.5. The molecule has 2 heterocycles. The number of hydrogen-bond donors (Lipinski definition) is 1. The normalized spacial score (nSPS) is 12.2. The third-order valence-corrected chi connectivity index (χ3v) is 3.59. The molecule has 2 rings (SSSR count). The zero-order valence-corrected chi connectivity index (χ0v) is 14.1. The van der Waals surface area contributed by atoms with E-state index in [0.29, 0.717) is 23.2 Å². The summed E-state index contributed by atoms with van der Waals surface area (Å²) in [5, 5.41) is 11.8. The average Bonchev–Trinajstić information content (AvgIpc) is 2.81. The quantitative estimate of drug-likeness (QED) is 0.915. The summed E-state index contributed by atoms with van der Waals surface area (Å²) in [4.78, 5) is 19.2. The van der Waals surface area contributed by atoms with Crippen molar-refractivity contribution in [2.45, 2.75) is 51.7 Å². The third-order valence-electron chi connectivity index (χ3n) is 3.59. The largest absolute Gasteiger partial charge is 0.451 e. The summed E-state index contributed by atoms with van der Waals surface area (Å²) in [7, 11) is 0. The fraction of sp³-hybridized carbons (Fsp3) is 0.500. The molecule has 0 radical (unpaired) electrons. The Labute approximate surface area is 142 Å². The van der Waals surface area contributed by atoms with E-state index in [1.807, 2.05) is 26.8 Å². The van der Waals surface area contributed by atoms with Crippen LogP contribution in [0, 0.1) is 11.3 Å². The lowest BCUT2D eigenvalue weighted by Crippen LogP contribution is -2.20. The zero-order chi connectivity index (χ0) is 18.8. The van der Waals surface area contributed by atoms with Gasteiger partial charge in [-0.15, -0.1) is 0 Å². The van der Waals surface area contributed by atoms with Crippen LogP contribution >= 0.6 is 0 Å². The summed E-state index contributed by atoms with van der Waals surface area (Å²) >= 11 is 0. The van der Waals surface area contributed by atoms with Crippen molar-refractivity contribution in [2.75, 3.05) is 0 Å². The fourth-order valence-corrected chi connectivity index (χ4v) is 2.43. The molecule has 0 bridgehead atoms. The number of nitrogens with zero attached hydrogens (tertiary/aromatic N) is 4. The maximum absolute atomic E-state index is 12.6. The second-order valence-electron chi connectivity index (χ2n) is 6.68. The number of halogens is 3. The van der Waals surface area contributed by atoms with Crippen molar-refractivity contribution in [3.05, 3.63) is 45.4 Å². The lowest BCUT2D eigenvalue weighted by atomic mass is 9.88. The van der Waals surface area contributed by atoms with Crippen LogP contribution in [0.3, 0.4) is 0 Å². The first-order valence-electron chi connectivity index (χ1n) is 7.61. The van der Waals surface area contributed by atoms with Crippen molar-refractivity contribution in [2.24, 2.45) is 0 Å². The fourth-order valence-electron chi connectivity index (χ4n) is 2.43. The standard InChI is InChI=1S/C16H18F3N5O/c1-15(2,3)12-11(5-4-6-20)13(25)24(23-12)9-10-7-21-14(22-8-10)16(17,18)19/h7-8,23H,4-5,9H2,1-3H3. The first-order valence-corrected chi connectivity index (χ1v) is 7.61. The molecule has 134 valence electrons. The Morgan fingerprint density at radius 3 is 2.32 bits per heavy atom. The van der Waals surface area contributed by atoms with E-state index in [4.69, 9.17) is 5.26 Å². The Bertz CT molecular complexity index is 835. The first kappa shape index (κ1) is 18.7. The molecule has 2 aromatic rings. The van der Waals surface area contributed by atoms with Gasteiger partial charge in [0.15, 0.2) is 0 Å². The summed E-state index contributed by atoms with van der Waals surface area (Å²) in [5.74, 6) is -1.22. The molecule has 0 amide bonds. The number of alkyl halides is 3. The minimum atomic E-state index is -4.61. The molecule has 25 heavy (non-hydrogen) atoms. The van der Waals surface area contributed by atoms with Gasteiger partial charge in [-0.05, 0) is 6.42 Å². The second-order valence-corrected chi connectivity index (χ2v) is 6.68. The molecule has 0 atom stereocenters. The van der Waals surface area contributed by atoms with Gasteiger partial charge >= 0.3 is 6.18 Å². The molecule has 0 saturated carbocycles. The van der Waals surface area contributed by atoms with Crippen molar-refractivity contribution in [3.63, 3.8) is 0 Å². The van der Waals surface area contributed by atoms with E-state index in [0.717, 1.165) is 12.4 Å². The lowest BCUT2D eigenvalue weighted by Gasteiger charge is -2.18. The number of aromatic amines is 1. The van der Waals surface area contributed by atoms with Gasteiger partial charge in [0.2, 0.25) is 5.82 Å². The van der Waals surface area contributed by atoms with Gasteiger partial charge in [-0.2, -0.15) is 18.4 Å². The molecular formula is C16H18F3N5O. The minimum absolute atomic E-state index is 0.0204. The number of hydrogen-bond acceptors (Lipinski definition) is 4. The van der Waals surface area contributed by atoms with E-state index >= 15 is 0 Å². The molecule has 2 aromatic heterocycles. The number of nitrogens with one attached hydrogen (secondary N) is 1. The predicted octanol–water partition coefficient (Wildman–Crippen LogP) is 2.79. The van der Waals surface area contributed by atoms with Gasteiger partial charge in [0.1, 0.15) is 0 Å². The highest BCUT2D eigenvalue weighted by Crippen LogP contribution is 2.26. The Morgan fingerprint density at radius 1 is 1.24 bits per heavy atom. The van der Waals surface area contributed by atoms with Gasteiger partial charge < -0.3 is 0 Å². The predicted molar refractivity (Wildman–Crippen MR) is 83.8 cm³/mol. The SMILES string of the molecule is CC(C)(C)c1[nH]n(Cc2cnc(C(F)(F)F)nc2)c(=O)c1CCC#N. The van der Waals surface area contributed by atoms with E-state index in [-0.39, 0.29) is 23.9 Å². The van der Waals surface area contributed by atoms with Crippen LogP contribution in [-0.2, 0) is 24.6 Å². The van der Waals surface area contributed by atoms with Crippen molar-refractivity contribution in [1.29, 1.82) is 5.26 Å². The second kappa shape index (κ2) is 6.70. The van der Waals surface area contributed by atoms with Crippen molar-refractivity contribution in [1.82, 2.24) is 19.7 Å². The molecule has 0 spiro atoms. The molecule has 0 aromatic carbocycles. The van der Waals surface area contributed by atoms with Gasteiger partial charge in [0.05, 0.1) is 12.6 Å². The molecule has 1 N–H and O–H groups in total. The Kier molecular flexibility index (Phi) is 5.02. The molecule has 0 aliphatic carbocycles. The highest BCUT2D eigenvalue weighted by molar-refractivity contribution is 5.25. The summed E-state index contributed by atoms with van der Waals surface area (Å²) in [6.45, 7) is 5.81. The topological polar surface area (TPSA) is 87.4 Å². The molecular weight excluding hydrogens is 335 g/mol. The molecule has 0 unspecified atom stereocenters. The number of aromatic nitrogens is 4. The Balaban J connectivity index is 2.35. The molecule has 0 aliphatic heterocycles. The van der Waals surface area contributed by atoms with Gasteiger partial charge in [-0.1, -0.05) is 20.8 Å². The van der Waals surface area contributed by atoms with E-state index in [1.54, 1.807) is 0 Å². The van der Waals surface area contributed by atoms with Crippen LogP contribution in [0.4, 0.5) is 13.2 Å². The smallest absolute Gasteiger partial charge is 0.299 e.